The summed E-state index contributed by atoms with van der Waals surface area (Å²) in [5.74, 6) is -0.759. The summed E-state index contributed by atoms with van der Waals surface area (Å²) in [5.41, 5.74) is 14.1. The minimum atomic E-state index is -4.13. The van der Waals surface area contributed by atoms with Crippen LogP contribution in [0.4, 0.5) is 5.69 Å². The fraction of sp³-hybridized carbons (Fsp3) is 0.214. The highest BCUT2D eigenvalue weighted by Gasteiger charge is 2.24. The molecule has 1 amide bonds. The fourth-order valence-electron chi connectivity index (χ4n) is 4.58. The zero-order valence-corrected chi connectivity index (χ0v) is 21.9. The number of carbonyl (C=O) groups is 1. The molecular formula is C28H30N4O3S. The molecule has 0 saturated carbocycles. The van der Waals surface area contributed by atoms with Crippen molar-refractivity contribution in [3.63, 3.8) is 0 Å². The Bertz CT molecular complexity index is 1540. The summed E-state index contributed by atoms with van der Waals surface area (Å²) < 4.78 is 29.7. The molecule has 1 heterocycles. The van der Waals surface area contributed by atoms with Gasteiger partial charge in [-0.15, -0.1) is 0 Å². The van der Waals surface area contributed by atoms with Crippen LogP contribution in [0.1, 0.15) is 43.9 Å². The first-order chi connectivity index (χ1) is 17.0. The largest absolute Gasteiger partial charge is 0.399 e. The van der Waals surface area contributed by atoms with E-state index in [-0.39, 0.29) is 16.3 Å². The number of sulfonamides is 1. The Kier molecular flexibility index (Phi) is 6.73. The van der Waals surface area contributed by atoms with Gasteiger partial charge in [0.1, 0.15) is 5.69 Å². The maximum absolute atomic E-state index is 13.4. The van der Waals surface area contributed by atoms with Gasteiger partial charge in [-0.1, -0.05) is 42.0 Å². The third-order valence-electron chi connectivity index (χ3n) is 6.29. The van der Waals surface area contributed by atoms with E-state index in [4.69, 9.17) is 10.8 Å². The van der Waals surface area contributed by atoms with Gasteiger partial charge in [0.15, 0.2) is 0 Å². The quantitative estimate of drug-likeness (QED) is 0.367. The van der Waals surface area contributed by atoms with Gasteiger partial charge in [0.25, 0.3) is 15.9 Å². The summed E-state index contributed by atoms with van der Waals surface area (Å²) in [6.45, 7) is 10.4. The number of carbonyl (C=O) groups excluding carboxylic acids is 1. The van der Waals surface area contributed by atoms with Gasteiger partial charge in [-0.2, -0.15) is 5.10 Å². The van der Waals surface area contributed by atoms with Crippen LogP contribution in [0.25, 0.3) is 11.3 Å². The highest BCUT2D eigenvalue weighted by Crippen LogP contribution is 2.28. The van der Waals surface area contributed by atoms with Crippen LogP contribution >= 0.6 is 0 Å². The Labute approximate surface area is 212 Å². The number of nitrogens with one attached hydrogen (secondary N) is 1. The van der Waals surface area contributed by atoms with Crippen molar-refractivity contribution in [3.8, 4) is 11.3 Å². The minimum Gasteiger partial charge on any atom is -0.399 e. The number of aryl methyl sites for hydroxylation is 5. The van der Waals surface area contributed by atoms with E-state index >= 15 is 0 Å². The van der Waals surface area contributed by atoms with Crippen molar-refractivity contribution >= 4 is 21.6 Å². The second-order valence-electron chi connectivity index (χ2n) is 9.22. The zero-order valence-electron chi connectivity index (χ0n) is 21.1. The number of anilines is 1. The molecule has 4 rings (SSSR count). The normalized spacial score (nSPS) is 11.5. The molecule has 0 spiro atoms. The molecule has 0 radical (unpaired) electrons. The molecular weight excluding hydrogens is 472 g/mol. The summed E-state index contributed by atoms with van der Waals surface area (Å²) in [5, 5.41) is 4.78. The molecule has 36 heavy (non-hydrogen) atoms. The second kappa shape index (κ2) is 9.62. The third kappa shape index (κ3) is 5.04. The van der Waals surface area contributed by atoms with Crippen LogP contribution in [-0.4, -0.2) is 24.1 Å². The summed E-state index contributed by atoms with van der Waals surface area (Å²) in [4.78, 5) is 13.3. The van der Waals surface area contributed by atoms with Gasteiger partial charge in [0, 0.05) is 11.3 Å². The second-order valence-corrected chi connectivity index (χ2v) is 10.9. The number of amides is 1. The van der Waals surface area contributed by atoms with Gasteiger partial charge in [0.2, 0.25) is 0 Å². The SMILES string of the molecule is Cc1cc(C)c(Cn2nc(-c3c(C)cccc3C)cc2C(=O)NS(=O)(=O)c2cccc(N)c2)c(C)c1. The van der Waals surface area contributed by atoms with Gasteiger partial charge in [0.05, 0.1) is 17.1 Å². The van der Waals surface area contributed by atoms with E-state index in [1.54, 1.807) is 16.8 Å². The Balaban J connectivity index is 1.80. The van der Waals surface area contributed by atoms with E-state index in [1.807, 2.05) is 52.8 Å². The van der Waals surface area contributed by atoms with Crippen molar-refractivity contribution in [1.82, 2.24) is 14.5 Å². The van der Waals surface area contributed by atoms with Gasteiger partial charge in [-0.25, -0.2) is 13.1 Å². The zero-order chi connectivity index (χ0) is 26.2. The molecule has 8 heteroatoms. The molecule has 0 aliphatic carbocycles. The molecule has 0 atom stereocenters. The molecule has 4 aromatic rings. The molecule has 0 aliphatic rings. The van der Waals surface area contributed by atoms with Gasteiger partial charge in [-0.05, 0) is 86.7 Å². The highest BCUT2D eigenvalue weighted by molar-refractivity contribution is 7.90. The summed E-state index contributed by atoms with van der Waals surface area (Å²) in [7, 11) is -4.13. The number of hydrogen-bond acceptors (Lipinski definition) is 5. The van der Waals surface area contributed by atoms with Crippen molar-refractivity contribution < 1.29 is 13.2 Å². The van der Waals surface area contributed by atoms with Crippen molar-refractivity contribution in [3.05, 3.63) is 99.7 Å². The predicted molar refractivity (Wildman–Crippen MR) is 142 cm³/mol. The van der Waals surface area contributed by atoms with E-state index in [9.17, 15) is 13.2 Å². The number of hydrogen-bond donors (Lipinski definition) is 2. The average molecular weight is 503 g/mol. The maximum atomic E-state index is 13.4. The highest BCUT2D eigenvalue weighted by atomic mass is 32.2. The van der Waals surface area contributed by atoms with Gasteiger partial charge >= 0.3 is 0 Å². The first-order valence-electron chi connectivity index (χ1n) is 11.6. The number of benzene rings is 3. The van der Waals surface area contributed by atoms with Crippen LogP contribution in [-0.2, 0) is 16.6 Å². The maximum Gasteiger partial charge on any atom is 0.283 e. The first-order valence-corrected chi connectivity index (χ1v) is 13.1. The smallest absolute Gasteiger partial charge is 0.283 e. The number of nitrogen functional groups attached to an aromatic ring is 1. The number of nitrogens with zero attached hydrogens (tertiary/aromatic N) is 2. The fourth-order valence-corrected chi connectivity index (χ4v) is 5.60. The predicted octanol–water partition coefficient (Wildman–Crippen LogP) is 4.84. The number of aromatic nitrogens is 2. The lowest BCUT2D eigenvalue weighted by Crippen LogP contribution is -2.32. The van der Waals surface area contributed by atoms with E-state index in [0.717, 1.165) is 38.9 Å². The van der Waals surface area contributed by atoms with Crippen molar-refractivity contribution in [2.24, 2.45) is 0 Å². The molecule has 3 aromatic carbocycles. The lowest BCUT2D eigenvalue weighted by Gasteiger charge is -2.14. The Morgan fingerprint density at radius 1 is 0.889 bits per heavy atom. The summed E-state index contributed by atoms with van der Waals surface area (Å²) >= 11 is 0. The van der Waals surface area contributed by atoms with Crippen LogP contribution in [0.15, 0.2) is 65.6 Å². The molecule has 0 bridgehead atoms. The standard InChI is InChI=1S/C28H30N4O3S/c1-17-12-20(4)24(21(5)13-17)16-32-26(15-25(30-32)27-18(2)8-6-9-19(27)3)28(33)31-36(34,35)23-11-7-10-22(29)14-23/h6-15H,16,29H2,1-5H3,(H,31,33). The van der Waals surface area contributed by atoms with Crippen molar-refractivity contribution in [2.45, 2.75) is 46.1 Å². The number of nitrogens with two attached hydrogens (primary N) is 1. The molecule has 0 aliphatic heterocycles. The van der Waals surface area contributed by atoms with E-state index in [2.05, 4.69) is 16.9 Å². The molecule has 3 N–H and O–H groups in total. The monoisotopic (exact) mass is 502 g/mol. The van der Waals surface area contributed by atoms with Crippen molar-refractivity contribution in [1.29, 1.82) is 0 Å². The summed E-state index contributed by atoms with van der Waals surface area (Å²) in [6.07, 6.45) is 0. The minimum absolute atomic E-state index is 0.0814. The topological polar surface area (TPSA) is 107 Å². The molecule has 186 valence electrons. The van der Waals surface area contributed by atoms with Gasteiger partial charge < -0.3 is 5.73 Å². The Morgan fingerprint density at radius 3 is 2.11 bits per heavy atom. The van der Waals surface area contributed by atoms with E-state index in [1.165, 1.54) is 18.2 Å². The molecule has 7 nitrogen and oxygen atoms in total. The van der Waals surface area contributed by atoms with Gasteiger partial charge in [-0.3, -0.25) is 9.48 Å². The van der Waals surface area contributed by atoms with Crippen LogP contribution in [0.5, 0.6) is 0 Å². The van der Waals surface area contributed by atoms with Crippen LogP contribution in [0.2, 0.25) is 0 Å². The average Bonchev–Trinajstić information content (AvgIpc) is 3.19. The Morgan fingerprint density at radius 2 is 1.50 bits per heavy atom. The van der Waals surface area contributed by atoms with Crippen LogP contribution in [0, 0.1) is 34.6 Å². The molecule has 0 unspecified atom stereocenters. The molecule has 1 aromatic heterocycles. The molecule has 0 fully saturated rings. The van der Waals surface area contributed by atoms with E-state index in [0.29, 0.717) is 12.2 Å². The first kappa shape index (κ1) is 25.2. The van der Waals surface area contributed by atoms with E-state index < -0.39 is 15.9 Å². The lowest BCUT2D eigenvalue weighted by molar-refractivity contribution is 0.0971. The van der Waals surface area contributed by atoms with Crippen LogP contribution < -0.4 is 10.5 Å². The van der Waals surface area contributed by atoms with Crippen molar-refractivity contribution in [2.75, 3.05) is 5.73 Å². The third-order valence-corrected chi connectivity index (χ3v) is 7.62. The Hall–Kier alpha value is -3.91. The number of rotatable bonds is 6. The molecule has 0 saturated heterocycles. The lowest BCUT2D eigenvalue weighted by atomic mass is 10.00. The van der Waals surface area contributed by atoms with Crippen LogP contribution in [0.3, 0.4) is 0 Å². The summed E-state index contributed by atoms with van der Waals surface area (Å²) in [6, 6.07) is 17.6.